The van der Waals surface area contributed by atoms with E-state index >= 15 is 0 Å². The second-order valence-corrected chi connectivity index (χ2v) is 8.52. The molecule has 0 radical (unpaired) electrons. The Balaban J connectivity index is 1.18. The van der Waals surface area contributed by atoms with Gasteiger partial charge >= 0.3 is 0 Å². The Morgan fingerprint density at radius 1 is 1.20 bits per heavy atom. The maximum Gasteiger partial charge on any atom is 0.236 e. The van der Waals surface area contributed by atoms with E-state index in [9.17, 15) is 4.79 Å². The fourth-order valence-electron chi connectivity index (χ4n) is 4.64. The third kappa shape index (κ3) is 3.83. The molecule has 0 aromatic carbocycles. The van der Waals surface area contributed by atoms with Crippen molar-refractivity contribution in [2.75, 3.05) is 39.3 Å². The Morgan fingerprint density at radius 2 is 2.03 bits per heavy atom. The van der Waals surface area contributed by atoms with Crippen LogP contribution in [0, 0.1) is 11.3 Å². The summed E-state index contributed by atoms with van der Waals surface area (Å²) in [6.45, 7) is 5.80. The van der Waals surface area contributed by atoms with E-state index in [1.807, 2.05) is 21.8 Å². The Bertz CT molecular complexity index is 966. The Kier molecular flexibility index (Phi) is 5.23. The normalized spacial score (nSPS) is 20.4. The molecule has 5 rings (SSSR count). The third-order valence-electron chi connectivity index (χ3n) is 6.68. The first-order chi connectivity index (χ1) is 14.7. The highest BCUT2D eigenvalue weighted by molar-refractivity contribution is 5.78. The Morgan fingerprint density at radius 3 is 2.77 bits per heavy atom. The SMILES string of the molecule is N#Cc1cc(-n2cc3c(n2)CCN(CC(=O)N2CCN(C4CCC4)CC2)C3)ccn1. The molecule has 1 aliphatic carbocycles. The quantitative estimate of drug-likeness (QED) is 0.760. The molecule has 156 valence electrons. The highest BCUT2D eigenvalue weighted by atomic mass is 16.2. The predicted octanol–water partition coefficient (Wildman–Crippen LogP) is 1.19. The molecule has 1 amide bonds. The summed E-state index contributed by atoms with van der Waals surface area (Å²) in [6.07, 6.45) is 8.49. The highest BCUT2D eigenvalue weighted by Crippen LogP contribution is 2.25. The molecular formula is C22H27N7O. The van der Waals surface area contributed by atoms with Crippen molar-refractivity contribution in [2.45, 2.75) is 38.3 Å². The van der Waals surface area contributed by atoms with Crippen LogP contribution in [0.1, 0.15) is 36.2 Å². The molecule has 0 unspecified atom stereocenters. The maximum absolute atomic E-state index is 12.8. The van der Waals surface area contributed by atoms with Crippen molar-refractivity contribution >= 4 is 5.91 Å². The molecule has 0 spiro atoms. The topological polar surface area (TPSA) is 81.3 Å². The number of rotatable bonds is 4. The number of fused-ring (bicyclic) bond motifs is 1. The van der Waals surface area contributed by atoms with Crippen molar-refractivity contribution in [3.63, 3.8) is 0 Å². The number of pyridine rings is 1. The Labute approximate surface area is 176 Å². The van der Waals surface area contributed by atoms with Gasteiger partial charge in [-0.15, -0.1) is 0 Å². The van der Waals surface area contributed by atoms with Gasteiger partial charge in [0.05, 0.1) is 17.9 Å². The minimum Gasteiger partial charge on any atom is -0.339 e. The molecule has 2 aromatic heterocycles. The van der Waals surface area contributed by atoms with Crippen LogP contribution in [-0.2, 0) is 17.8 Å². The number of piperazine rings is 1. The molecule has 0 bridgehead atoms. The maximum atomic E-state index is 12.8. The summed E-state index contributed by atoms with van der Waals surface area (Å²) >= 11 is 0. The van der Waals surface area contributed by atoms with Crippen molar-refractivity contribution in [1.82, 2.24) is 29.5 Å². The van der Waals surface area contributed by atoms with Crippen LogP contribution in [-0.4, -0.2) is 80.7 Å². The largest absolute Gasteiger partial charge is 0.339 e. The molecular weight excluding hydrogens is 378 g/mol. The number of nitriles is 1. The van der Waals surface area contributed by atoms with Crippen molar-refractivity contribution < 1.29 is 4.79 Å². The first-order valence-corrected chi connectivity index (χ1v) is 10.9. The lowest BCUT2D eigenvalue weighted by atomic mass is 9.91. The van der Waals surface area contributed by atoms with Gasteiger partial charge in [-0.25, -0.2) is 9.67 Å². The van der Waals surface area contributed by atoms with E-state index in [0.29, 0.717) is 12.2 Å². The molecule has 0 atom stereocenters. The number of nitrogens with zero attached hydrogens (tertiary/aromatic N) is 7. The number of carbonyl (C=O) groups excluding carboxylic acids is 1. The Hall–Kier alpha value is -2.76. The molecule has 3 aliphatic rings. The zero-order valence-electron chi connectivity index (χ0n) is 17.2. The fourth-order valence-corrected chi connectivity index (χ4v) is 4.64. The minimum absolute atomic E-state index is 0.242. The van der Waals surface area contributed by atoms with Crippen molar-refractivity contribution in [3.8, 4) is 11.8 Å². The van der Waals surface area contributed by atoms with Gasteiger partial charge in [0.2, 0.25) is 5.91 Å². The number of amides is 1. The van der Waals surface area contributed by atoms with E-state index in [-0.39, 0.29) is 5.91 Å². The number of carbonyl (C=O) groups is 1. The molecule has 8 nitrogen and oxygen atoms in total. The van der Waals surface area contributed by atoms with Gasteiger partial charge in [-0.2, -0.15) is 10.4 Å². The highest BCUT2D eigenvalue weighted by Gasteiger charge is 2.30. The molecule has 8 heteroatoms. The van der Waals surface area contributed by atoms with E-state index in [2.05, 4.69) is 20.9 Å². The molecule has 1 saturated heterocycles. The molecule has 2 fully saturated rings. The van der Waals surface area contributed by atoms with Gasteiger partial charge in [-0.3, -0.25) is 14.6 Å². The molecule has 0 N–H and O–H groups in total. The van der Waals surface area contributed by atoms with Crippen LogP contribution < -0.4 is 0 Å². The third-order valence-corrected chi connectivity index (χ3v) is 6.68. The zero-order valence-corrected chi connectivity index (χ0v) is 17.2. The van der Waals surface area contributed by atoms with Crippen LogP contribution in [0.15, 0.2) is 24.5 Å². The summed E-state index contributed by atoms with van der Waals surface area (Å²) in [5.41, 5.74) is 3.44. The lowest BCUT2D eigenvalue weighted by molar-refractivity contribution is -0.135. The molecule has 4 heterocycles. The monoisotopic (exact) mass is 405 g/mol. The smallest absolute Gasteiger partial charge is 0.236 e. The van der Waals surface area contributed by atoms with Gasteiger partial charge in [0.25, 0.3) is 0 Å². The summed E-state index contributed by atoms with van der Waals surface area (Å²) in [5.74, 6) is 0.242. The van der Waals surface area contributed by atoms with Gasteiger partial charge < -0.3 is 4.90 Å². The number of hydrogen-bond donors (Lipinski definition) is 0. The van der Waals surface area contributed by atoms with E-state index < -0.39 is 0 Å². The predicted molar refractivity (Wildman–Crippen MR) is 111 cm³/mol. The average molecular weight is 406 g/mol. The lowest BCUT2D eigenvalue weighted by Crippen LogP contribution is -2.55. The van der Waals surface area contributed by atoms with Crippen LogP contribution in [0.25, 0.3) is 5.69 Å². The first-order valence-electron chi connectivity index (χ1n) is 10.9. The standard InChI is InChI=1S/C22H27N7O/c23-13-18-12-20(4-6-24-18)29-15-17-14-26(7-5-21(17)25-29)16-22(30)28-10-8-27(9-11-28)19-2-1-3-19/h4,6,12,15,19H,1-3,5,7-11,14,16H2. The average Bonchev–Trinajstić information content (AvgIpc) is 3.16. The van der Waals surface area contributed by atoms with Gasteiger partial charge in [0.15, 0.2) is 0 Å². The van der Waals surface area contributed by atoms with Crippen molar-refractivity contribution in [1.29, 1.82) is 5.26 Å². The van der Waals surface area contributed by atoms with Gasteiger partial charge in [-0.05, 0) is 18.9 Å². The molecule has 2 aliphatic heterocycles. The van der Waals surface area contributed by atoms with E-state index in [1.165, 1.54) is 19.3 Å². The number of aromatic nitrogens is 3. The van der Waals surface area contributed by atoms with Crippen molar-refractivity contribution in [2.24, 2.45) is 0 Å². The summed E-state index contributed by atoms with van der Waals surface area (Å²) in [7, 11) is 0. The molecule has 1 saturated carbocycles. The summed E-state index contributed by atoms with van der Waals surface area (Å²) in [4.78, 5) is 23.7. The van der Waals surface area contributed by atoms with Crippen LogP contribution in [0.4, 0.5) is 0 Å². The second-order valence-electron chi connectivity index (χ2n) is 8.52. The minimum atomic E-state index is 0.242. The van der Waals surface area contributed by atoms with E-state index in [4.69, 9.17) is 10.4 Å². The van der Waals surface area contributed by atoms with E-state index in [0.717, 1.165) is 68.7 Å². The van der Waals surface area contributed by atoms with Gasteiger partial charge in [0.1, 0.15) is 11.8 Å². The second kappa shape index (κ2) is 8.17. The lowest BCUT2D eigenvalue weighted by Gasteiger charge is -2.43. The molecule has 30 heavy (non-hydrogen) atoms. The van der Waals surface area contributed by atoms with Crippen molar-refractivity contribution in [3.05, 3.63) is 41.5 Å². The van der Waals surface area contributed by atoms with Crippen LogP contribution in [0.2, 0.25) is 0 Å². The van der Waals surface area contributed by atoms with E-state index in [1.54, 1.807) is 12.3 Å². The fraction of sp³-hybridized carbons (Fsp3) is 0.545. The van der Waals surface area contributed by atoms with Crippen LogP contribution >= 0.6 is 0 Å². The van der Waals surface area contributed by atoms with Crippen LogP contribution in [0.3, 0.4) is 0 Å². The molecule has 2 aromatic rings. The van der Waals surface area contributed by atoms with Gasteiger partial charge in [-0.1, -0.05) is 6.42 Å². The summed E-state index contributed by atoms with van der Waals surface area (Å²) < 4.78 is 1.82. The first kappa shape index (κ1) is 19.2. The zero-order chi connectivity index (χ0) is 20.5. The number of hydrogen-bond acceptors (Lipinski definition) is 6. The summed E-state index contributed by atoms with van der Waals surface area (Å²) in [5, 5.41) is 13.8. The van der Waals surface area contributed by atoms with Gasteiger partial charge in [0, 0.05) is 75.8 Å². The van der Waals surface area contributed by atoms with Crippen LogP contribution in [0.5, 0.6) is 0 Å². The summed E-state index contributed by atoms with van der Waals surface area (Å²) in [6, 6.07) is 6.43.